The Morgan fingerprint density at radius 1 is 1.24 bits per heavy atom. The maximum absolute atomic E-state index is 13.8. The number of aryl methyl sites for hydroxylation is 1. The molecule has 0 fully saturated rings. The van der Waals surface area contributed by atoms with Crippen LogP contribution in [0, 0.1) is 12.7 Å². The number of rotatable bonds is 5. The number of hydrogen-bond acceptors (Lipinski definition) is 2. The van der Waals surface area contributed by atoms with E-state index in [0.717, 1.165) is 17.5 Å². The topological polar surface area (TPSA) is 35.2 Å². The van der Waals surface area contributed by atoms with Crippen molar-refractivity contribution >= 4 is 11.6 Å². The van der Waals surface area contributed by atoms with Crippen molar-refractivity contribution in [1.29, 1.82) is 0 Å². The highest BCUT2D eigenvalue weighted by Crippen LogP contribution is 2.33. The number of halogens is 2. The van der Waals surface area contributed by atoms with Gasteiger partial charge in [0, 0.05) is 16.6 Å². The van der Waals surface area contributed by atoms with Gasteiger partial charge in [0.1, 0.15) is 5.75 Å². The predicted octanol–water partition coefficient (Wildman–Crippen LogP) is 4.86. The Labute approximate surface area is 129 Å². The van der Waals surface area contributed by atoms with Crippen molar-refractivity contribution in [3.8, 4) is 11.5 Å². The van der Waals surface area contributed by atoms with E-state index in [1.807, 2.05) is 13.8 Å². The van der Waals surface area contributed by atoms with Gasteiger partial charge in [-0.05, 0) is 49.6 Å². The van der Waals surface area contributed by atoms with E-state index in [1.165, 1.54) is 6.07 Å². The van der Waals surface area contributed by atoms with Crippen molar-refractivity contribution < 1.29 is 9.13 Å². The molecule has 0 heterocycles. The summed E-state index contributed by atoms with van der Waals surface area (Å²) in [5.41, 5.74) is 7.75. The minimum atomic E-state index is -0.397. The van der Waals surface area contributed by atoms with Crippen molar-refractivity contribution in [3.63, 3.8) is 0 Å². The maximum atomic E-state index is 13.8. The van der Waals surface area contributed by atoms with E-state index in [9.17, 15) is 4.39 Å². The fraction of sp³-hybridized carbons (Fsp3) is 0.294. The van der Waals surface area contributed by atoms with E-state index < -0.39 is 5.82 Å². The number of hydrogen-bond donors (Lipinski definition) is 1. The van der Waals surface area contributed by atoms with Crippen LogP contribution in [-0.2, 0) is 6.42 Å². The van der Waals surface area contributed by atoms with Crippen LogP contribution in [0.4, 0.5) is 4.39 Å². The molecule has 0 saturated carbocycles. The molecule has 0 aliphatic carbocycles. The molecular formula is C17H19ClFNO. The van der Waals surface area contributed by atoms with Gasteiger partial charge in [0.25, 0.3) is 0 Å². The highest BCUT2D eigenvalue weighted by atomic mass is 35.5. The summed E-state index contributed by atoms with van der Waals surface area (Å²) in [7, 11) is 0. The van der Waals surface area contributed by atoms with Gasteiger partial charge in [-0.3, -0.25) is 0 Å². The average molecular weight is 308 g/mol. The smallest absolute Gasteiger partial charge is 0.165 e. The molecule has 2 rings (SSSR count). The third-order valence-corrected chi connectivity index (χ3v) is 3.73. The van der Waals surface area contributed by atoms with Crippen LogP contribution in [0.25, 0.3) is 0 Å². The largest absolute Gasteiger partial charge is 0.454 e. The van der Waals surface area contributed by atoms with Crippen LogP contribution >= 0.6 is 11.6 Å². The van der Waals surface area contributed by atoms with E-state index in [1.54, 1.807) is 30.3 Å². The van der Waals surface area contributed by atoms with E-state index in [0.29, 0.717) is 17.2 Å². The first-order valence-corrected chi connectivity index (χ1v) is 7.36. The molecule has 2 aromatic carbocycles. The van der Waals surface area contributed by atoms with Crippen molar-refractivity contribution in [2.75, 3.05) is 0 Å². The molecular weight excluding hydrogens is 289 g/mol. The van der Waals surface area contributed by atoms with Crippen LogP contribution in [0.3, 0.4) is 0 Å². The Balaban J connectivity index is 2.35. The first-order chi connectivity index (χ1) is 10.0. The average Bonchev–Trinajstić information content (AvgIpc) is 2.46. The second-order valence-electron chi connectivity index (χ2n) is 5.12. The second-order valence-corrected chi connectivity index (χ2v) is 5.53. The Morgan fingerprint density at radius 3 is 2.71 bits per heavy atom. The number of benzene rings is 2. The molecule has 2 aromatic rings. The first-order valence-electron chi connectivity index (χ1n) is 6.98. The van der Waals surface area contributed by atoms with Gasteiger partial charge >= 0.3 is 0 Å². The Hall–Kier alpha value is -1.58. The quantitative estimate of drug-likeness (QED) is 0.856. The van der Waals surface area contributed by atoms with E-state index >= 15 is 0 Å². The summed E-state index contributed by atoms with van der Waals surface area (Å²) in [5.74, 6) is 0.353. The fourth-order valence-electron chi connectivity index (χ4n) is 2.05. The number of nitrogens with two attached hydrogens (primary N) is 1. The summed E-state index contributed by atoms with van der Waals surface area (Å²) >= 11 is 6.24. The van der Waals surface area contributed by atoms with Gasteiger partial charge in [-0.25, -0.2) is 4.39 Å². The van der Waals surface area contributed by atoms with Crippen molar-refractivity contribution in [2.45, 2.75) is 32.7 Å². The van der Waals surface area contributed by atoms with Gasteiger partial charge in [0.2, 0.25) is 0 Å². The molecule has 0 radical (unpaired) electrons. The van der Waals surface area contributed by atoms with Gasteiger partial charge in [-0.1, -0.05) is 30.7 Å². The Morgan fingerprint density at radius 2 is 2.00 bits per heavy atom. The molecule has 1 unspecified atom stereocenters. The van der Waals surface area contributed by atoms with Crippen molar-refractivity contribution in [3.05, 3.63) is 58.4 Å². The summed E-state index contributed by atoms with van der Waals surface area (Å²) in [5, 5.41) is 0.587. The van der Waals surface area contributed by atoms with Gasteiger partial charge in [-0.2, -0.15) is 0 Å². The van der Waals surface area contributed by atoms with Crippen LogP contribution in [-0.4, -0.2) is 6.04 Å². The number of ether oxygens (including phenoxy) is 1. The van der Waals surface area contributed by atoms with Crippen LogP contribution in [0.15, 0.2) is 36.4 Å². The van der Waals surface area contributed by atoms with Gasteiger partial charge in [0.05, 0.1) is 0 Å². The van der Waals surface area contributed by atoms with Crippen molar-refractivity contribution in [1.82, 2.24) is 0 Å². The predicted molar refractivity (Wildman–Crippen MR) is 84.6 cm³/mol. The molecule has 0 aliphatic rings. The lowest BCUT2D eigenvalue weighted by Gasteiger charge is -2.16. The van der Waals surface area contributed by atoms with Crippen LogP contribution in [0.2, 0.25) is 5.02 Å². The molecule has 0 spiro atoms. The van der Waals surface area contributed by atoms with Crippen LogP contribution in [0.5, 0.6) is 11.5 Å². The SMILES string of the molecule is CCC(N)Cc1c(Cl)cccc1Oc1cc(C)ccc1F. The second kappa shape index (κ2) is 6.92. The van der Waals surface area contributed by atoms with E-state index in [-0.39, 0.29) is 11.8 Å². The molecule has 0 aliphatic heterocycles. The zero-order valence-electron chi connectivity index (χ0n) is 12.2. The Kier molecular flexibility index (Phi) is 5.21. The van der Waals surface area contributed by atoms with Crippen LogP contribution in [0.1, 0.15) is 24.5 Å². The Bertz CT molecular complexity index is 630. The maximum Gasteiger partial charge on any atom is 0.165 e. The lowest BCUT2D eigenvalue weighted by molar-refractivity contribution is 0.435. The van der Waals surface area contributed by atoms with E-state index in [2.05, 4.69) is 0 Å². The molecule has 2 N–H and O–H groups in total. The normalized spacial score (nSPS) is 12.2. The minimum Gasteiger partial charge on any atom is -0.454 e. The zero-order chi connectivity index (χ0) is 15.4. The highest BCUT2D eigenvalue weighted by molar-refractivity contribution is 6.31. The van der Waals surface area contributed by atoms with Gasteiger partial charge in [0.15, 0.2) is 11.6 Å². The summed E-state index contributed by atoms with van der Waals surface area (Å²) in [4.78, 5) is 0. The van der Waals surface area contributed by atoms with Crippen LogP contribution < -0.4 is 10.5 Å². The molecule has 0 bridgehead atoms. The lowest BCUT2D eigenvalue weighted by atomic mass is 10.0. The fourth-order valence-corrected chi connectivity index (χ4v) is 2.29. The zero-order valence-corrected chi connectivity index (χ0v) is 13.0. The third-order valence-electron chi connectivity index (χ3n) is 3.37. The van der Waals surface area contributed by atoms with Crippen molar-refractivity contribution in [2.24, 2.45) is 5.73 Å². The molecule has 1 atom stereocenters. The minimum absolute atomic E-state index is 0.00499. The monoisotopic (exact) mass is 307 g/mol. The molecule has 4 heteroatoms. The highest BCUT2D eigenvalue weighted by Gasteiger charge is 2.14. The standard InChI is InChI=1S/C17H19ClFNO/c1-3-12(20)10-13-14(18)5-4-6-16(13)21-17-9-11(2)7-8-15(17)19/h4-9,12H,3,10,20H2,1-2H3. The lowest BCUT2D eigenvalue weighted by Crippen LogP contribution is -2.21. The van der Waals surface area contributed by atoms with E-state index in [4.69, 9.17) is 22.1 Å². The summed E-state index contributed by atoms with van der Waals surface area (Å²) in [6.45, 7) is 3.90. The molecule has 112 valence electrons. The summed E-state index contributed by atoms with van der Waals surface area (Å²) in [6.07, 6.45) is 1.43. The molecule has 0 saturated heterocycles. The van der Waals surface area contributed by atoms with Gasteiger partial charge < -0.3 is 10.5 Å². The summed E-state index contributed by atoms with van der Waals surface area (Å²) < 4.78 is 19.6. The van der Waals surface area contributed by atoms with Gasteiger partial charge in [-0.15, -0.1) is 0 Å². The first kappa shape index (κ1) is 15.8. The summed E-state index contributed by atoms with van der Waals surface area (Å²) in [6, 6.07) is 10.1. The molecule has 21 heavy (non-hydrogen) atoms. The molecule has 0 amide bonds. The molecule has 0 aromatic heterocycles. The molecule has 2 nitrogen and oxygen atoms in total. The third kappa shape index (κ3) is 3.96.